The second kappa shape index (κ2) is 12.7. The molecule has 1 heterocycles. The summed E-state index contributed by atoms with van der Waals surface area (Å²) in [6, 6.07) is 16.9. The molecule has 0 N–H and O–H groups in total. The van der Waals surface area contributed by atoms with Gasteiger partial charge in [0.15, 0.2) is 0 Å². The third kappa shape index (κ3) is 7.40. The van der Waals surface area contributed by atoms with Crippen LogP contribution in [0.1, 0.15) is 28.1 Å². The van der Waals surface area contributed by atoms with Gasteiger partial charge in [0, 0.05) is 38.4 Å². The number of nitro groups is 1. The summed E-state index contributed by atoms with van der Waals surface area (Å²) in [4.78, 5) is 40.3. The minimum absolute atomic E-state index is 0.0685. The van der Waals surface area contributed by atoms with Crippen LogP contribution in [0.5, 0.6) is 0 Å². The zero-order valence-corrected chi connectivity index (χ0v) is 20.0. The second-order valence-corrected chi connectivity index (χ2v) is 8.22. The van der Waals surface area contributed by atoms with Crippen molar-refractivity contribution in [1.82, 2.24) is 9.80 Å². The predicted octanol–water partition coefficient (Wildman–Crippen LogP) is 4.55. The predicted molar refractivity (Wildman–Crippen MR) is 130 cm³/mol. The Morgan fingerprint density at radius 3 is 2.49 bits per heavy atom. The van der Waals surface area contributed by atoms with Crippen molar-refractivity contribution in [1.29, 1.82) is 0 Å². The van der Waals surface area contributed by atoms with Gasteiger partial charge in [0.05, 0.1) is 17.7 Å². The first-order valence-corrected chi connectivity index (χ1v) is 11.3. The number of carbonyl (C=O) groups excluding carboxylic acids is 2. The highest BCUT2D eigenvalue weighted by Crippen LogP contribution is 2.26. The topological polar surface area (TPSA) is 106 Å². The molecule has 0 saturated heterocycles. The molecule has 10 heteroatoms. The molecule has 2 amide bonds. The standard InChI is InChI=1S/C25H26ClN3O6/c1-34-13-6-12-27(25(31)20-10-11-22(26)23(15-20)29(32)33)18-24(30)28(17-21-9-5-14-35-21)16-19-7-3-2-4-8-19/h2-5,7-11,14-15H,6,12-13,16-18H2,1H3. The lowest BCUT2D eigenvalue weighted by Crippen LogP contribution is -2.43. The average Bonchev–Trinajstić information content (AvgIpc) is 3.36. The number of furan rings is 1. The molecule has 1 aromatic heterocycles. The minimum Gasteiger partial charge on any atom is -0.467 e. The van der Waals surface area contributed by atoms with Crippen molar-refractivity contribution in [2.75, 3.05) is 26.8 Å². The van der Waals surface area contributed by atoms with Crippen LogP contribution < -0.4 is 0 Å². The zero-order valence-electron chi connectivity index (χ0n) is 19.3. The second-order valence-electron chi connectivity index (χ2n) is 7.81. The molecule has 3 rings (SSSR count). The first kappa shape index (κ1) is 25.9. The number of amides is 2. The Kier molecular flexibility index (Phi) is 9.39. The van der Waals surface area contributed by atoms with Gasteiger partial charge in [-0.3, -0.25) is 19.7 Å². The lowest BCUT2D eigenvalue weighted by molar-refractivity contribution is -0.384. The Morgan fingerprint density at radius 2 is 1.83 bits per heavy atom. The number of hydrogen-bond acceptors (Lipinski definition) is 6. The molecule has 3 aromatic rings. The Bertz CT molecular complexity index is 1140. The maximum Gasteiger partial charge on any atom is 0.288 e. The van der Waals surface area contributed by atoms with Gasteiger partial charge in [-0.05, 0) is 36.2 Å². The van der Waals surface area contributed by atoms with E-state index in [1.54, 1.807) is 24.1 Å². The van der Waals surface area contributed by atoms with Gasteiger partial charge in [-0.1, -0.05) is 41.9 Å². The fourth-order valence-corrected chi connectivity index (χ4v) is 3.70. The summed E-state index contributed by atoms with van der Waals surface area (Å²) in [7, 11) is 1.55. The highest BCUT2D eigenvalue weighted by atomic mass is 35.5. The van der Waals surface area contributed by atoms with Crippen LogP contribution in [0, 0.1) is 10.1 Å². The van der Waals surface area contributed by atoms with Gasteiger partial charge in [0.2, 0.25) is 5.91 Å². The summed E-state index contributed by atoms with van der Waals surface area (Å²) in [5.41, 5.74) is 0.633. The summed E-state index contributed by atoms with van der Waals surface area (Å²) in [5, 5.41) is 11.2. The Labute approximate surface area is 208 Å². The van der Waals surface area contributed by atoms with Crippen molar-refractivity contribution in [3.8, 4) is 0 Å². The molecular formula is C25H26ClN3O6. The molecule has 0 spiro atoms. The number of methoxy groups -OCH3 is 1. The van der Waals surface area contributed by atoms with E-state index in [9.17, 15) is 19.7 Å². The van der Waals surface area contributed by atoms with E-state index in [-0.39, 0.29) is 41.8 Å². The van der Waals surface area contributed by atoms with Crippen LogP contribution in [-0.4, -0.2) is 53.3 Å². The van der Waals surface area contributed by atoms with E-state index in [0.29, 0.717) is 25.3 Å². The SMILES string of the molecule is COCCCN(CC(=O)N(Cc1ccccc1)Cc1ccco1)C(=O)c1ccc(Cl)c([N+](=O)[O-])c1. The van der Waals surface area contributed by atoms with Crippen LogP contribution in [0.3, 0.4) is 0 Å². The van der Waals surface area contributed by atoms with E-state index in [1.807, 2.05) is 30.3 Å². The van der Waals surface area contributed by atoms with Crippen LogP contribution in [0.25, 0.3) is 0 Å². The Hall–Kier alpha value is -3.69. The lowest BCUT2D eigenvalue weighted by Gasteiger charge is -2.27. The molecule has 0 aliphatic rings. The van der Waals surface area contributed by atoms with E-state index in [0.717, 1.165) is 11.6 Å². The number of nitro benzene ring substituents is 1. The molecule has 35 heavy (non-hydrogen) atoms. The Balaban J connectivity index is 1.83. The number of benzene rings is 2. The van der Waals surface area contributed by atoms with E-state index in [4.69, 9.17) is 20.8 Å². The van der Waals surface area contributed by atoms with Crippen molar-refractivity contribution in [2.24, 2.45) is 0 Å². The highest BCUT2D eigenvalue weighted by Gasteiger charge is 2.25. The van der Waals surface area contributed by atoms with Gasteiger partial charge in [-0.15, -0.1) is 0 Å². The zero-order chi connectivity index (χ0) is 25.2. The average molecular weight is 500 g/mol. The summed E-state index contributed by atoms with van der Waals surface area (Å²) in [6.45, 7) is 0.959. The molecule has 0 fully saturated rings. The Morgan fingerprint density at radius 1 is 1.06 bits per heavy atom. The lowest BCUT2D eigenvalue weighted by atomic mass is 10.1. The highest BCUT2D eigenvalue weighted by molar-refractivity contribution is 6.32. The molecule has 9 nitrogen and oxygen atoms in total. The largest absolute Gasteiger partial charge is 0.467 e. The number of hydrogen-bond donors (Lipinski definition) is 0. The summed E-state index contributed by atoms with van der Waals surface area (Å²) >= 11 is 5.90. The number of rotatable bonds is 12. The monoisotopic (exact) mass is 499 g/mol. The fourth-order valence-electron chi connectivity index (χ4n) is 3.51. The van der Waals surface area contributed by atoms with Crippen LogP contribution in [0.15, 0.2) is 71.3 Å². The van der Waals surface area contributed by atoms with Crippen molar-refractivity contribution in [2.45, 2.75) is 19.5 Å². The van der Waals surface area contributed by atoms with Gasteiger partial charge >= 0.3 is 0 Å². The van der Waals surface area contributed by atoms with Crippen molar-refractivity contribution in [3.63, 3.8) is 0 Å². The van der Waals surface area contributed by atoms with Gasteiger partial charge in [0.1, 0.15) is 17.3 Å². The third-order valence-electron chi connectivity index (χ3n) is 5.28. The van der Waals surface area contributed by atoms with Gasteiger partial charge < -0.3 is 19.0 Å². The molecule has 0 saturated carbocycles. The molecule has 0 bridgehead atoms. The maximum atomic E-state index is 13.4. The third-order valence-corrected chi connectivity index (χ3v) is 5.59. The van der Waals surface area contributed by atoms with Gasteiger partial charge in [-0.25, -0.2) is 0 Å². The van der Waals surface area contributed by atoms with Crippen LogP contribution >= 0.6 is 11.6 Å². The molecule has 0 aliphatic carbocycles. The number of carbonyl (C=O) groups is 2. The van der Waals surface area contributed by atoms with Crippen molar-refractivity contribution < 1.29 is 23.7 Å². The quantitative estimate of drug-likeness (QED) is 0.205. The van der Waals surface area contributed by atoms with Crippen LogP contribution in [-0.2, 0) is 22.6 Å². The number of nitrogens with zero attached hydrogens (tertiary/aromatic N) is 3. The summed E-state index contributed by atoms with van der Waals surface area (Å²) in [5.74, 6) is -0.189. The van der Waals surface area contributed by atoms with Crippen molar-refractivity contribution >= 4 is 29.1 Å². The van der Waals surface area contributed by atoms with Crippen molar-refractivity contribution in [3.05, 3.63) is 99.0 Å². The molecule has 184 valence electrons. The number of ether oxygens (including phenoxy) is 1. The molecule has 0 atom stereocenters. The van der Waals surface area contributed by atoms with E-state index in [2.05, 4.69) is 0 Å². The summed E-state index contributed by atoms with van der Waals surface area (Å²) in [6.07, 6.45) is 2.02. The number of halogens is 1. The van der Waals surface area contributed by atoms with E-state index in [1.165, 1.54) is 23.3 Å². The fraction of sp³-hybridized carbons (Fsp3) is 0.280. The first-order valence-electron chi connectivity index (χ1n) is 10.9. The molecular weight excluding hydrogens is 474 g/mol. The smallest absolute Gasteiger partial charge is 0.288 e. The molecule has 0 unspecified atom stereocenters. The van der Waals surface area contributed by atoms with Gasteiger partial charge in [-0.2, -0.15) is 0 Å². The van der Waals surface area contributed by atoms with Crippen LogP contribution in [0.2, 0.25) is 5.02 Å². The van der Waals surface area contributed by atoms with Crippen LogP contribution in [0.4, 0.5) is 5.69 Å². The van der Waals surface area contributed by atoms with E-state index < -0.39 is 10.8 Å². The normalized spacial score (nSPS) is 10.7. The molecule has 2 aromatic carbocycles. The molecule has 0 aliphatic heterocycles. The van der Waals surface area contributed by atoms with E-state index >= 15 is 0 Å². The summed E-state index contributed by atoms with van der Waals surface area (Å²) < 4.78 is 10.5. The maximum absolute atomic E-state index is 13.4. The van der Waals surface area contributed by atoms with Gasteiger partial charge in [0.25, 0.3) is 11.6 Å². The molecule has 0 radical (unpaired) electrons. The first-order chi connectivity index (χ1) is 16.9. The minimum atomic E-state index is -0.648.